The second-order valence-electron chi connectivity index (χ2n) is 8.15. The van der Waals surface area contributed by atoms with Crippen molar-refractivity contribution in [2.75, 3.05) is 13.2 Å². The molecule has 27 heavy (non-hydrogen) atoms. The number of hydrogen-bond acceptors (Lipinski definition) is 4. The quantitative estimate of drug-likeness (QED) is 0.216. The van der Waals surface area contributed by atoms with Crippen molar-refractivity contribution in [1.29, 1.82) is 0 Å². The lowest BCUT2D eigenvalue weighted by atomic mass is 9.83. The van der Waals surface area contributed by atoms with E-state index in [1.807, 2.05) is 19.1 Å². The van der Waals surface area contributed by atoms with Crippen LogP contribution < -0.4 is 0 Å². The van der Waals surface area contributed by atoms with E-state index in [-0.39, 0.29) is 23.8 Å². The topological polar surface area (TPSA) is 52.6 Å². The molecule has 1 aliphatic carbocycles. The lowest BCUT2D eigenvalue weighted by Crippen LogP contribution is -2.34. The maximum Gasteiger partial charge on any atom is 0.310 e. The zero-order valence-corrected chi connectivity index (χ0v) is 17.7. The van der Waals surface area contributed by atoms with Gasteiger partial charge in [0.25, 0.3) is 0 Å². The van der Waals surface area contributed by atoms with Crippen LogP contribution in [0.5, 0.6) is 0 Å². The second kappa shape index (κ2) is 14.7. The van der Waals surface area contributed by atoms with Crippen molar-refractivity contribution in [2.24, 2.45) is 17.8 Å². The molecule has 0 spiro atoms. The van der Waals surface area contributed by atoms with Crippen molar-refractivity contribution < 1.29 is 19.1 Å². The molecule has 0 aromatic carbocycles. The van der Waals surface area contributed by atoms with Gasteiger partial charge in [-0.1, -0.05) is 77.9 Å². The van der Waals surface area contributed by atoms with Gasteiger partial charge in [0.2, 0.25) is 0 Å². The Morgan fingerprint density at radius 1 is 0.815 bits per heavy atom. The van der Waals surface area contributed by atoms with E-state index >= 15 is 0 Å². The van der Waals surface area contributed by atoms with E-state index in [0.29, 0.717) is 26.1 Å². The molecule has 0 aromatic heterocycles. The van der Waals surface area contributed by atoms with Crippen molar-refractivity contribution in [3.05, 3.63) is 12.2 Å². The minimum Gasteiger partial charge on any atom is -0.465 e. The standard InChI is InChI=1S/C23H40O4/c1-4-17-26-22(24)20-15-11-12-16-21(20)23(25)27-18-13-9-7-5-6-8-10-14-19(2)3/h11-12,19-21H,4-10,13-18H2,1-3H3. The molecule has 0 aromatic rings. The molecule has 1 rings (SSSR count). The molecule has 4 nitrogen and oxygen atoms in total. The summed E-state index contributed by atoms with van der Waals surface area (Å²) in [5.41, 5.74) is 0. The molecule has 0 saturated carbocycles. The van der Waals surface area contributed by atoms with E-state index < -0.39 is 0 Å². The predicted octanol–water partition coefficient (Wildman–Crippen LogP) is 5.84. The number of esters is 2. The maximum atomic E-state index is 12.4. The third-order valence-corrected chi connectivity index (χ3v) is 5.16. The highest BCUT2D eigenvalue weighted by atomic mass is 16.5. The first-order valence-corrected chi connectivity index (χ1v) is 11.0. The lowest BCUT2D eigenvalue weighted by Gasteiger charge is -2.25. The van der Waals surface area contributed by atoms with Gasteiger partial charge in [-0.25, -0.2) is 0 Å². The predicted molar refractivity (Wildman–Crippen MR) is 109 cm³/mol. The van der Waals surface area contributed by atoms with Crippen molar-refractivity contribution in [3.63, 3.8) is 0 Å². The fourth-order valence-corrected chi connectivity index (χ4v) is 3.46. The van der Waals surface area contributed by atoms with Crippen molar-refractivity contribution in [1.82, 2.24) is 0 Å². The Morgan fingerprint density at radius 2 is 1.30 bits per heavy atom. The molecule has 0 N–H and O–H groups in total. The van der Waals surface area contributed by atoms with Crippen LogP contribution in [-0.4, -0.2) is 25.2 Å². The van der Waals surface area contributed by atoms with Gasteiger partial charge in [-0.15, -0.1) is 0 Å². The summed E-state index contributed by atoms with van der Waals surface area (Å²) < 4.78 is 10.7. The number of allylic oxidation sites excluding steroid dienone is 2. The monoisotopic (exact) mass is 380 g/mol. The fraction of sp³-hybridized carbons (Fsp3) is 0.826. The van der Waals surface area contributed by atoms with E-state index in [1.165, 1.54) is 38.5 Å². The van der Waals surface area contributed by atoms with Gasteiger partial charge in [-0.3, -0.25) is 9.59 Å². The molecule has 2 unspecified atom stereocenters. The molecule has 156 valence electrons. The van der Waals surface area contributed by atoms with E-state index in [9.17, 15) is 9.59 Å². The van der Waals surface area contributed by atoms with Crippen LogP contribution in [-0.2, 0) is 19.1 Å². The van der Waals surface area contributed by atoms with Crippen LogP contribution >= 0.6 is 0 Å². The van der Waals surface area contributed by atoms with Gasteiger partial charge in [0, 0.05) is 0 Å². The summed E-state index contributed by atoms with van der Waals surface area (Å²) in [6, 6.07) is 0. The number of hydrogen-bond donors (Lipinski definition) is 0. The number of ether oxygens (including phenoxy) is 2. The highest BCUT2D eigenvalue weighted by Crippen LogP contribution is 2.28. The number of rotatable bonds is 14. The molecule has 0 heterocycles. The average molecular weight is 381 g/mol. The third kappa shape index (κ3) is 10.6. The molecule has 0 saturated heterocycles. The molecule has 0 fully saturated rings. The smallest absolute Gasteiger partial charge is 0.310 e. The summed E-state index contributed by atoms with van der Waals surface area (Å²) in [7, 11) is 0. The van der Waals surface area contributed by atoms with Crippen LogP contribution in [0.2, 0.25) is 0 Å². The minimum atomic E-state index is -0.389. The second-order valence-corrected chi connectivity index (χ2v) is 8.15. The molecule has 2 atom stereocenters. The molecule has 0 amide bonds. The van der Waals surface area contributed by atoms with Gasteiger partial charge in [0.1, 0.15) is 0 Å². The molecular weight excluding hydrogens is 340 g/mol. The van der Waals surface area contributed by atoms with E-state index in [2.05, 4.69) is 13.8 Å². The van der Waals surface area contributed by atoms with Crippen molar-refractivity contribution >= 4 is 11.9 Å². The van der Waals surface area contributed by atoms with Gasteiger partial charge >= 0.3 is 11.9 Å². The Morgan fingerprint density at radius 3 is 1.81 bits per heavy atom. The first-order chi connectivity index (χ1) is 13.1. The molecule has 4 heteroatoms. The number of carbonyl (C=O) groups is 2. The number of unbranched alkanes of at least 4 members (excludes halogenated alkanes) is 6. The van der Waals surface area contributed by atoms with Gasteiger partial charge in [0.05, 0.1) is 25.0 Å². The summed E-state index contributed by atoms with van der Waals surface area (Å²) in [6.07, 6.45) is 15.7. The summed E-state index contributed by atoms with van der Waals surface area (Å²) in [5.74, 6) is -0.472. The Kier molecular flexibility index (Phi) is 12.9. The summed E-state index contributed by atoms with van der Waals surface area (Å²) in [4.78, 5) is 24.6. The fourth-order valence-electron chi connectivity index (χ4n) is 3.46. The molecule has 1 aliphatic rings. The Labute approximate surface area is 166 Å². The van der Waals surface area contributed by atoms with Crippen LogP contribution in [0.4, 0.5) is 0 Å². The largest absolute Gasteiger partial charge is 0.465 e. The van der Waals surface area contributed by atoms with Crippen molar-refractivity contribution in [2.45, 2.75) is 91.4 Å². The van der Waals surface area contributed by atoms with Gasteiger partial charge < -0.3 is 9.47 Å². The zero-order valence-electron chi connectivity index (χ0n) is 17.7. The summed E-state index contributed by atoms with van der Waals surface area (Å²) >= 11 is 0. The van der Waals surface area contributed by atoms with Crippen LogP contribution in [0, 0.1) is 17.8 Å². The Balaban J connectivity index is 2.14. The summed E-state index contributed by atoms with van der Waals surface area (Å²) in [5, 5.41) is 0. The highest BCUT2D eigenvalue weighted by molar-refractivity contribution is 5.82. The SMILES string of the molecule is CCCOC(=O)C1CC=CCC1C(=O)OCCCCCCCCCC(C)C. The van der Waals surface area contributed by atoms with E-state index in [1.54, 1.807) is 0 Å². The third-order valence-electron chi connectivity index (χ3n) is 5.16. The van der Waals surface area contributed by atoms with Crippen LogP contribution in [0.3, 0.4) is 0 Å². The van der Waals surface area contributed by atoms with Crippen LogP contribution in [0.15, 0.2) is 12.2 Å². The number of carbonyl (C=O) groups excluding carboxylic acids is 2. The minimum absolute atomic E-state index is 0.244. The zero-order chi connectivity index (χ0) is 19.9. The van der Waals surface area contributed by atoms with Gasteiger partial charge in [0.15, 0.2) is 0 Å². The first-order valence-electron chi connectivity index (χ1n) is 11.0. The van der Waals surface area contributed by atoms with Gasteiger partial charge in [-0.2, -0.15) is 0 Å². The van der Waals surface area contributed by atoms with E-state index in [0.717, 1.165) is 25.2 Å². The van der Waals surface area contributed by atoms with Crippen molar-refractivity contribution in [3.8, 4) is 0 Å². The van der Waals surface area contributed by atoms with Crippen LogP contribution in [0.25, 0.3) is 0 Å². The molecule has 0 bridgehead atoms. The lowest BCUT2D eigenvalue weighted by molar-refractivity contribution is -0.161. The normalized spacial score (nSPS) is 19.3. The Bertz CT molecular complexity index is 442. The van der Waals surface area contributed by atoms with Gasteiger partial charge in [-0.05, 0) is 31.6 Å². The Hall–Kier alpha value is -1.32. The maximum absolute atomic E-state index is 12.4. The molecule has 0 radical (unpaired) electrons. The van der Waals surface area contributed by atoms with Crippen LogP contribution in [0.1, 0.15) is 91.4 Å². The average Bonchev–Trinajstić information content (AvgIpc) is 2.67. The molecule has 0 aliphatic heterocycles. The molecular formula is C23H40O4. The van der Waals surface area contributed by atoms with E-state index in [4.69, 9.17) is 9.47 Å². The first kappa shape index (κ1) is 23.7. The highest BCUT2D eigenvalue weighted by Gasteiger charge is 2.36. The summed E-state index contributed by atoms with van der Waals surface area (Å²) in [6.45, 7) is 7.40.